The lowest BCUT2D eigenvalue weighted by Crippen LogP contribution is -2.39. The molecule has 0 bridgehead atoms. The third-order valence-corrected chi connectivity index (χ3v) is 2.35. The van der Waals surface area contributed by atoms with Crippen LogP contribution in [0, 0.1) is 11.3 Å². The first-order valence-electron chi connectivity index (χ1n) is 5.24. The van der Waals surface area contributed by atoms with Gasteiger partial charge in [-0.2, -0.15) is 5.10 Å². The summed E-state index contributed by atoms with van der Waals surface area (Å²) in [6.07, 6.45) is 3.08. The van der Waals surface area contributed by atoms with Crippen molar-refractivity contribution in [2.75, 3.05) is 5.32 Å². The number of aromatic nitrogens is 2. The molecule has 0 aromatic carbocycles. The molecule has 1 aromatic rings. The van der Waals surface area contributed by atoms with E-state index in [-0.39, 0.29) is 0 Å². The van der Waals surface area contributed by atoms with Crippen molar-refractivity contribution >= 4 is 17.6 Å². The minimum absolute atomic E-state index is 0.494. The molecule has 1 aromatic heterocycles. The zero-order valence-electron chi connectivity index (χ0n) is 10.4. The van der Waals surface area contributed by atoms with E-state index in [1.165, 1.54) is 10.9 Å². The molecule has 1 amide bonds. The molecule has 1 heterocycles. The number of carbonyl (C=O) groups excluding carboxylic acids is 1. The van der Waals surface area contributed by atoms with Gasteiger partial charge in [-0.05, 0) is 5.41 Å². The molecule has 6 heteroatoms. The van der Waals surface area contributed by atoms with E-state index < -0.39 is 23.2 Å². The van der Waals surface area contributed by atoms with E-state index in [2.05, 4.69) is 10.4 Å². The summed E-state index contributed by atoms with van der Waals surface area (Å²) in [7, 11) is 1.72. The predicted molar refractivity (Wildman–Crippen MR) is 62.4 cm³/mol. The molecule has 1 rings (SSSR count). The lowest BCUT2D eigenvalue weighted by molar-refractivity contribution is -0.149. The molecule has 0 spiro atoms. The van der Waals surface area contributed by atoms with Crippen LogP contribution >= 0.6 is 0 Å². The molecule has 0 radical (unpaired) electrons. The molecule has 1 unspecified atom stereocenters. The Balaban J connectivity index is 2.84. The number of carboxylic acids is 1. The molecule has 1 atom stereocenters. The van der Waals surface area contributed by atoms with Gasteiger partial charge in [-0.25, -0.2) is 0 Å². The highest BCUT2D eigenvalue weighted by atomic mass is 16.4. The summed E-state index contributed by atoms with van der Waals surface area (Å²) in [4.78, 5) is 23.0. The van der Waals surface area contributed by atoms with Crippen LogP contribution in [0.2, 0.25) is 0 Å². The first-order chi connectivity index (χ1) is 7.71. The normalized spacial score (nSPS) is 13.2. The van der Waals surface area contributed by atoms with Crippen molar-refractivity contribution in [3.63, 3.8) is 0 Å². The molecular formula is C11H17N3O3. The third kappa shape index (κ3) is 3.30. The number of hydrogen-bond acceptors (Lipinski definition) is 3. The number of carbonyl (C=O) groups is 2. The van der Waals surface area contributed by atoms with E-state index in [0.717, 1.165) is 0 Å². The highest BCUT2D eigenvalue weighted by molar-refractivity contribution is 6.04. The molecule has 17 heavy (non-hydrogen) atoms. The van der Waals surface area contributed by atoms with Crippen molar-refractivity contribution in [1.29, 1.82) is 0 Å². The second kappa shape index (κ2) is 4.57. The minimum Gasteiger partial charge on any atom is -0.481 e. The molecule has 0 aliphatic rings. The number of amides is 1. The molecule has 6 nitrogen and oxygen atoms in total. The van der Waals surface area contributed by atoms with Gasteiger partial charge in [-0.15, -0.1) is 0 Å². The Morgan fingerprint density at radius 1 is 1.47 bits per heavy atom. The SMILES string of the molecule is Cn1cc(NC(=O)C(C(=O)O)C(C)(C)C)cn1. The summed E-state index contributed by atoms with van der Waals surface area (Å²) in [6.45, 7) is 5.15. The van der Waals surface area contributed by atoms with Crippen molar-refractivity contribution < 1.29 is 14.7 Å². The van der Waals surface area contributed by atoms with Crippen LogP contribution < -0.4 is 5.32 Å². The molecule has 0 aliphatic carbocycles. The Morgan fingerprint density at radius 3 is 2.41 bits per heavy atom. The van der Waals surface area contributed by atoms with E-state index >= 15 is 0 Å². The number of carboxylic acid groups (broad SMARTS) is 1. The fourth-order valence-electron chi connectivity index (χ4n) is 1.58. The quantitative estimate of drug-likeness (QED) is 0.774. The first kappa shape index (κ1) is 13.2. The zero-order chi connectivity index (χ0) is 13.2. The first-order valence-corrected chi connectivity index (χ1v) is 5.24. The molecule has 0 saturated carbocycles. The second-order valence-corrected chi connectivity index (χ2v) is 5.03. The van der Waals surface area contributed by atoms with Gasteiger partial charge in [0, 0.05) is 13.2 Å². The van der Waals surface area contributed by atoms with Gasteiger partial charge in [0.1, 0.15) is 5.92 Å². The highest BCUT2D eigenvalue weighted by Crippen LogP contribution is 2.27. The Labute approximate surface area is 99.6 Å². The van der Waals surface area contributed by atoms with Crippen molar-refractivity contribution in [3.8, 4) is 0 Å². The average Bonchev–Trinajstić information content (AvgIpc) is 2.46. The molecule has 0 fully saturated rings. The maximum absolute atomic E-state index is 11.9. The number of aryl methyl sites for hydroxylation is 1. The van der Waals surface area contributed by atoms with Gasteiger partial charge in [0.25, 0.3) is 0 Å². The van der Waals surface area contributed by atoms with Crippen molar-refractivity contribution in [1.82, 2.24) is 9.78 Å². The summed E-state index contributed by atoms with van der Waals surface area (Å²) in [5, 5.41) is 15.5. The summed E-state index contributed by atoms with van der Waals surface area (Å²) < 4.78 is 1.53. The van der Waals surface area contributed by atoms with Crippen LogP contribution in [0.25, 0.3) is 0 Å². The van der Waals surface area contributed by atoms with E-state index in [1.807, 2.05) is 0 Å². The Bertz CT molecular complexity index is 431. The van der Waals surface area contributed by atoms with E-state index in [9.17, 15) is 9.59 Å². The van der Waals surface area contributed by atoms with Crippen LogP contribution in [0.4, 0.5) is 5.69 Å². The molecule has 0 saturated heterocycles. The minimum atomic E-state index is -1.13. The Morgan fingerprint density at radius 2 is 2.06 bits per heavy atom. The van der Waals surface area contributed by atoms with Gasteiger partial charge in [-0.3, -0.25) is 14.3 Å². The number of nitrogens with zero attached hydrogens (tertiary/aromatic N) is 2. The molecule has 94 valence electrons. The third-order valence-electron chi connectivity index (χ3n) is 2.35. The van der Waals surface area contributed by atoms with Crippen LogP contribution in [0.5, 0.6) is 0 Å². The van der Waals surface area contributed by atoms with Crippen molar-refractivity contribution in [3.05, 3.63) is 12.4 Å². The molecule has 2 N–H and O–H groups in total. The highest BCUT2D eigenvalue weighted by Gasteiger charge is 2.37. The smallest absolute Gasteiger partial charge is 0.316 e. The fourth-order valence-corrected chi connectivity index (χ4v) is 1.58. The topological polar surface area (TPSA) is 84.2 Å². The van der Waals surface area contributed by atoms with Crippen molar-refractivity contribution in [2.24, 2.45) is 18.4 Å². The number of rotatable bonds is 3. The van der Waals surface area contributed by atoms with Gasteiger partial charge in [0.2, 0.25) is 5.91 Å². The lowest BCUT2D eigenvalue weighted by Gasteiger charge is -2.25. The fraction of sp³-hybridized carbons (Fsp3) is 0.545. The summed E-state index contributed by atoms with van der Waals surface area (Å²) >= 11 is 0. The maximum atomic E-state index is 11.9. The van der Waals surface area contributed by atoms with Crippen LogP contribution in [0.3, 0.4) is 0 Å². The largest absolute Gasteiger partial charge is 0.481 e. The lowest BCUT2D eigenvalue weighted by atomic mass is 9.80. The predicted octanol–water partition coefficient (Wildman–Crippen LogP) is 1.11. The van der Waals surface area contributed by atoms with Crippen molar-refractivity contribution in [2.45, 2.75) is 20.8 Å². The number of anilines is 1. The second-order valence-electron chi connectivity index (χ2n) is 5.03. The standard InChI is InChI=1S/C11H17N3O3/c1-11(2,3)8(10(16)17)9(15)13-7-5-12-14(4)6-7/h5-6,8H,1-4H3,(H,13,15)(H,16,17). The van der Waals surface area contributed by atoms with E-state index in [4.69, 9.17) is 5.11 Å². The maximum Gasteiger partial charge on any atom is 0.316 e. The Hall–Kier alpha value is -1.85. The summed E-state index contributed by atoms with van der Waals surface area (Å²) in [5.41, 5.74) is -0.147. The molecular weight excluding hydrogens is 222 g/mol. The van der Waals surface area contributed by atoms with Gasteiger partial charge < -0.3 is 10.4 Å². The van der Waals surface area contributed by atoms with E-state index in [0.29, 0.717) is 5.69 Å². The average molecular weight is 239 g/mol. The van der Waals surface area contributed by atoms with E-state index in [1.54, 1.807) is 34.0 Å². The van der Waals surface area contributed by atoms with Gasteiger partial charge in [0.15, 0.2) is 0 Å². The number of aliphatic carboxylic acids is 1. The van der Waals surface area contributed by atoms with Crippen LogP contribution in [-0.4, -0.2) is 26.8 Å². The van der Waals surface area contributed by atoms with Crippen LogP contribution in [-0.2, 0) is 16.6 Å². The van der Waals surface area contributed by atoms with Gasteiger partial charge in [-0.1, -0.05) is 20.8 Å². The number of hydrogen-bond donors (Lipinski definition) is 2. The zero-order valence-corrected chi connectivity index (χ0v) is 10.4. The van der Waals surface area contributed by atoms with Crippen LogP contribution in [0.15, 0.2) is 12.4 Å². The van der Waals surface area contributed by atoms with Crippen LogP contribution in [0.1, 0.15) is 20.8 Å². The number of nitrogens with one attached hydrogen (secondary N) is 1. The van der Waals surface area contributed by atoms with Gasteiger partial charge in [0.05, 0.1) is 11.9 Å². The summed E-state index contributed by atoms with van der Waals surface area (Å²) in [5.74, 6) is -2.75. The Kier molecular flexibility index (Phi) is 3.55. The molecule has 0 aliphatic heterocycles. The monoisotopic (exact) mass is 239 g/mol. The summed E-state index contributed by atoms with van der Waals surface area (Å²) in [6, 6.07) is 0. The van der Waals surface area contributed by atoms with Gasteiger partial charge >= 0.3 is 5.97 Å².